The summed E-state index contributed by atoms with van der Waals surface area (Å²) in [4.78, 5) is 3.27. The fraction of sp³-hybridized carbons (Fsp3) is 0.500. The number of hydrogen-bond acceptors (Lipinski definition) is 2. The van der Waals surface area contributed by atoms with E-state index in [1.807, 2.05) is 0 Å². The van der Waals surface area contributed by atoms with Crippen LogP contribution in [0, 0.1) is 0 Å². The van der Waals surface area contributed by atoms with Crippen LogP contribution in [0.5, 0.6) is 0 Å². The molecular formula is C6H9F3N2. The second kappa shape index (κ2) is 4.12. The van der Waals surface area contributed by atoms with Crippen LogP contribution >= 0.6 is 0 Å². The summed E-state index contributed by atoms with van der Waals surface area (Å²) in [5.41, 5.74) is 4.11. The van der Waals surface area contributed by atoms with Crippen molar-refractivity contribution in [2.75, 3.05) is 6.67 Å². The number of allylic oxidation sites excluding steroid dienone is 2. The van der Waals surface area contributed by atoms with Crippen molar-refractivity contribution >= 4 is 6.21 Å². The van der Waals surface area contributed by atoms with E-state index in [0.717, 1.165) is 12.3 Å². The highest BCUT2D eigenvalue weighted by Gasteiger charge is 2.31. The van der Waals surface area contributed by atoms with E-state index in [0.29, 0.717) is 0 Å². The van der Waals surface area contributed by atoms with Gasteiger partial charge in [0.25, 0.3) is 0 Å². The van der Waals surface area contributed by atoms with Crippen molar-refractivity contribution in [1.82, 2.24) is 0 Å². The fourth-order valence-corrected chi connectivity index (χ4v) is 0.462. The van der Waals surface area contributed by atoms with Gasteiger partial charge in [-0.3, -0.25) is 4.99 Å². The minimum Gasteiger partial charge on any atom is -0.312 e. The lowest BCUT2D eigenvalue weighted by molar-refractivity contribution is -0.0857. The number of nitrogens with two attached hydrogens (primary N) is 1. The normalized spacial score (nSPS) is 14.5. The Morgan fingerprint density at radius 3 is 2.36 bits per heavy atom. The van der Waals surface area contributed by atoms with Crippen LogP contribution in [0.2, 0.25) is 0 Å². The molecule has 0 aliphatic heterocycles. The highest BCUT2D eigenvalue weighted by Crippen LogP contribution is 2.23. The summed E-state index contributed by atoms with van der Waals surface area (Å²) in [5.74, 6) is 0. The Hall–Kier alpha value is -0.840. The zero-order chi connectivity index (χ0) is 8.91. The third-order valence-electron chi connectivity index (χ3n) is 0.974. The van der Waals surface area contributed by atoms with Gasteiger partial charge in [-0.25, -0.2) is 0 Å². The first-order valence-corrected chi connectivity index (χ1v) is 2.95. The van der Waals surface area contributed by atoms with E-state index in [-0.39, 0.29) is 6.67 Å². The first kappa shape index (κ1) is 10.2. The Balaban J connectivity index is 4.33. The molecule has 0 bridgehead atoms. The molecule has 0 saturated heterocycles. The number of halogens is 3. The summed E-state index contributed by atoms with van der Waals surface area (Å²) in [7, 11) is 0. The molecule has 0 heterocycles. The molecule has 0 unspecified atom stereocenters. The first-order chi connectivity index (χ1) is 5.02. The van der Waals surface area contributed by atoms with Crippen molar-refractivity contribution in [2.24, 2.45) is 10.7 Å². The van der Waals surface area contributed by atoms with Gasteiger partial charge >= 0.3 is 6.18 Å². The van der Waals surface area contributed by atoms with Gasteiger partial charge < -0.3 is 5.73 Å². The van der Waals surface area contributed by atoms with Crippen LogP contribution in [0.25, 0.3) is 0 Å². The molecule has 11 heavy (non-hydrogen) atoms. The Bertz CT molecular complexity index is 169. The smallest absolute Gasteiger partial charge is 0.312 e. The van der Waals surface area contributed by atoms with Gasteiger partial charge in [0.1, 0.15) is 0 Å². The lowest BCUT2D eigenvalue weighted by Crippen LogP contribution is -2.13. The van der Waals surface area contributed by atoms with Gasteiger partial charge in [0.15, 0.2) is 0 Å². The molecule has 0 aromatic rings. The maximum Gasteiger partial charge on any atom is 0.417 e. The Kier molecular flexibility index (Phi) is 3.81. The Morgan fingerprint density at radius 2 is 2.09 bits per heavy atom. The molecule has 0 radical (unpaired) electrons. The predicted molar refractivity (Wildman–Crippen MR) is 37.4 cm³/mol. The maximum absolute atomic E-state index is 11.8. The average Bonchev–Trinajstić information content (AvgIpc) is 1.87. The van der Waals surface area contributed by atoms with E-state index in [2.05, 4.69) is 4.99 Å². The second-order valence-corrected chi connectivity index (χ2v) is 1.74. The average molecular weight is 166 g/mol. The van der Waals surface area contributed by atoms with E-state index < -0.39 is 11.7 Å². The summed E-state index contributed by atoms with van der Waals surface area (Å²) in [6, 6.07) is 0. The van der Waals surface area contributed by atoms with Crippen LogP contribution in [0.15, 0.2) is 16.6 Å². The van der Waals surface area contributed by atoms with Gasteiger partial charge in [0, 0.05) is 6.21 Å². The standard InChI is InChI=1S/C6H9F3N2/c1-2-5(3-11-4-10)6(7,8)9/h2-3H,4,10H2,1H3/b5-2+,11-3?. The van der Waals surface area contributed by atoms with E-state index in [1.165, 1.54) is 6.92 Å². The van der Waals surface area contributed by atoms with Crippen LogP contribution in [-0.2, 0) is 0 Å². The topological polar surface area (TPSA) is 38.4 Å². The van der Waals surface area contributed by atoms with Crippen molar-refractivity contribution in [3.05, 3.63) is 11.6 Å². The highest BCUT2D eigenvalue weighted by atomic mass is 19.4. The van der Waals surface area contributed by atoms with Crippen LogP contribution in [-0.4, -0.2) is 19.1 Å². The maximum atomic E-state index is 11.8. The number of alkyl halides is 3. The fourth-order valence-electron chi connectivity index (χ4n) is 0.462. The Labute approximate surface area is 62.6 Å². The molecule has 2 nitrogen and oxygen atoms in total. The SMILES string of the molecule is C/C=C(\C=NCN)C(F)(F)F. The molecule has 0 aromatic carbocycles. The summed E-state index contributed by atoms with van der Waals surface area (Å²) >= 11 is 0. The van der Waals surface area contributed by atoms with E-state index in [1.54, 1.807) is 0 Å². The molecule has 0 spiro atoms. The zero-order valence-corrected chi connectivity index (χ0v) is 6.02. The van der Waals surface area contributed by atoms with E-state index in [4.69, 9.17) is 5.73 Å². The zero-order valence-electron chi connectivity index (χ0n) is 6.02. The van der Waals surface area contributed by atoms with Gasteiger partial charge in [-0.2, -0.15) is 13.2 Å². The molecule has 0 rings (SSSR count). The van der Waals surface area contributed by atoms with E-state index in [9.17, 15) is 13.2 Å². The van der Waals surface area contributed by atoms with E-state index >= 15 is 0 Å². The lowest BCUT2D eigenvalue weighted by Gasteiger charge is -2.04. The van der Waals surface area contributed by atoms with Gasteiger partial charge in [-0.15, -0.1) is 0 Å². The molecule has 0 aliphatic rings. The monoisotopic (exact) mass is 166 g/mol. The molecular weight excluding hydrogens is 157 g/mol. The highest BCUT2D eigenvalue weighted by molar-refractivity contribution is 5.80. The van der Waals surface area contributed by atoms with Crippen LogP contribution in [0.4, 0.5) is 13.2 Å². The third-order valence-corrected chi connectivity index (χ3v) is 0.974. The van der Waals surface area contributed by atoms with Crippen molar-refractivity contribution in [3.63, 3.8) is 0 Å². The number of nitrogens with zero attached hydrogens (tertiary/aromatic N) is 1. The summed E-state index contributed by atoms with van der Waals surface area (Å²) in [5, 5.41) is 0. The van der Waals surface area contributed by atoms with Crippen molar-refractivity contribution in [1.29, 1.82) is 0 Å². The molecule has 64 valence electrons. The molecule has 0 fully saturated rings. The van der Waals surface area contributed by atoms with Crippen LogP contribution in [0.3, 0.4) is 0 Å². The first-order valence-electron chi connectivity index (χ1n) is 2.95. The van der Waals surface area contributed by atoms with Gasteiger partial charge in [0.2, 0.25) is 0 Å². The van der Waals surface area contributed by atoms with Gasteiger partial charge in [-0.1, -0.05) is 6.08 Å². The van der Waals surface area contributed by atoms with Crippen LogP contribution < -0.4 is 5.73 Å². The largest absolute Gasteiger partial charge is 0.417 e. The van der Waals surface area contributed by atoms with Crippen molar-refractivity contribution in [3.8, 4) is 0 Å². The molecule has 0 aliphatic carbocycles. The molecule has 0 atom stereocenters. The third kappa shape index (κ3) is 3.77. The van der Waals surface area contributed by atoms with Crippen molar-refractivity contribution < 1.29 is 13.2 Å². The number of hydrogen-bond donors (Lipinski definition) is 1. The quantitative estimate of drug-likeness (QED) is 0.620. The number of rotatable bonds is 2. The van der Waals surface area contributed by atoms with Crippen molar-refractivity contribution in [2.45, 2.75) is 13.1 Å². The number of aliphatic imine (C=N–C) groups is 1. The van der Waals surface area contributed by atoms with Gasteiger partial charge in [0.05, 0.1) is 12.2 Å². The molecule has 0 amide bonds. The molecule has 0 aromatic heterocycles. The lowest BCUT2D eigenvalue weighted by atomic mass is 10.3. The molecule has 5 heteroatoms. The molecule has 0 saturated carbocycles. The van der Waals surface area contributed by atoms with Crippen LogP contribution in [0.1, 0.15) is 6.92 Å². The predicted octanol–water partition coefficient (Wildman–Crippen LogP) is 1.48. The van der Waals surface area contributed by atoms with Gasteiger partial charge in [-0.05, 0) is 6.92 Å². The minimum atomic E-state index is -4.33. The Morgan fingerprint density at radius 1 is 1.55 bits per heavy atom. The molecule has 2 N–H and O–H groups in total. The summed E-state index contributed by atoms with van der Waals surface area (Å²) in [6.07, 6.45) is -2.66. The summed E-state index contributed by atoms with van der Waals surface area (Å²) < 4.78 is 35.5. The summed E-state index contributed by atoms with van der Waals surface area (Å²) in [6.45, 7) is 1.17. The minimum absolute atomic E-state index is 0.132. The second-order valence-electron chi connectivity index (χ2n) is 1.74.